The Bertz CT molecular complexity index is 654. The highest BCUT2D eigenvalue weighted by molar-refractivity contribution is 6.04. The van der Waals surface area contributed by atoms with Gasteiger partial charge in [0.2, 0.25) is 0 Å². The largest absolute Gasteiger partial charge is 0.497 e. The zero-order chi connectivity index (χ0) is 15.6. The number of carbonyl (C=O) groups is 1. The number of hydrogen-bond donors (Lipinski definition) is 1. The third-order valence-electron chi connectivity index (χ3n) is 3.22. The van der Waals surface area contributed by atoms with Crippen LogP contribution in [0, 0.1) is 0 Å². The monoisotopic (exact) mass is 287 g/mol. The van der Waals surface area contributed by atoms with Crippen LogP contribution in [-0.2, 0) is 12.5 Å². The van der Waals surface area contributed by atoms with Gasteiger partial charge in [-0.15, -0.1) is 0 Å². The summed E-state index contributed by atoms with van der Waals surface area (Å²) in [6.45, 7) is 6.26. The van der Waals surface area contributed by atoms with Crippen molar-refractivity contribution in [2.24, 2.45) is 7.05 Å². The van der Waals surface area contributed by atoms with E-state index < -0.39 is 0 Å². The number of ether oxygens (including phenoxy) is 1. The van der Waals surface area contributed by atoms with Gasteiger partial charge >= 0.3 is 0 Å². The fraction of sp³-hybridized carbons (Fsp3) is 0.375. The minimum absolute atomic E-state index is 0.0588. The standard InChI is InChI=1S/C16H21N3O2/c1-16(2,3)13-10-14(19(4)18-13)17-15(20)11-7-6-8-12(9-11)21-5/h6-10H,1-5H3,(H,17,20). The molecule has 0 radical (unpaired) electrons. The Morgan fingerprint density at radius 1 is 1.29 bits per heavy atom. The molecule has 1 aromatic heterocycles. The molecule has 1 aromatic carbocycles. The number of benzene rings is 1. The number of hydrogen-bond acceptors (Lipinski definition) is 3. The van der Waals surface area contributed by atoms with Crippen LogP contribution in [0.3, 0.4) is 0 Å². The van der Waals surface area contributed by atoms with Crippen molar-refractivity contribution in [1.29, 1.82) is 0 Å². The highest BCUT2D eigenvalue weighted by Crippen LogP contribution is 2.23. The Hall–Kier alpha value is -2.30. The predicted molar refractivity (Wildman–Crippen MR) is 82.9 cm³/mol. The molecule has 0 atom stereocenters. The van der Waals surface area contributed by atoms with Crippen LogP contribution in [0.4, 0.5) is 5.82 Å². The lowest BCUT2D eigenvalue weighted by Crippen LogP contribution is -2.14. The van der Waals surface area contributed by atoms with E-state index in [9.17, 15) is 4.79 Å². The van der Waals surface area contributed by atoms with Crippen LogP contribution in [-0.4, -0.2) is 22.8 Å². The first-order valence-corrected chi connectivity index (χ1v) is 6.81. The first-order valence-electron chi connectivity index (χ1n) is 6.81. The molecule has 21 heavy (non-hydrogen) atoms. The van der Waals surface area contributed by atoms with Crippen molar-refractivity contribution in [3.05, 3.63) is 41.6 Å². The van der Waals surface area contributed by atoms with Crippen molar-refractivity contribution in [2.45, 2.75) is 26.2 Å². The lowest BCUT2D eigenvalue weighted by Gasteiger charge is -2.13. The summed E-state index contributed by atoms with van der Waals surface area (Å²) >= 11 is 0. The lowest BCUT2D eigenvalue weighted by atomic mass is 9.92. The summed E-state index contributed by atoms with van der Waals surface area (Å²) in [5.74, 6) is 1.15. The van der Waals surface area contributed by atoms with Gasteiger partial charge in [-0.25, -0.2) is 0 Å². The molecule has 1 amide bonds. The van der Waals surface area contributed by atoms with Crippen molar-refractivity contribution in [3.63, 3.8) is 0 Å². The lowest BCUT2D eigenvalue weighted by molar-refractivity contribution is 0.102. The molecule has 1 N–H and O–H groups in total. The maximum absolute atomic E-state index is 12.3. The van der Waals surface area contributed by atoms with Crippen LogP contribution < -0.4 is 10.1 Å². The molecule has 0 saturated heterocycles. The summed E-state index contributed by atoms with van der Waals surface area (Å²) in [7, 11) is 3.39. The van der Waals surface area contributed by atoms with Crippen LogP contribution in [0.15, 0.2) is 30.3 Å². The first kappa shape index (κ1) is 15.1. The molecular formula is C16H21N3O2. The number of aromatic nitrogens is 2. The zero-order valence-electron chi connectivity index (χ0n) is 13.1. The molecule has 0 fully saturated rings. The van der Waals surface area contributed by atoms with Gasteiger partial charge in [-0.2, -0.15) is 5.10 Å². The number of nitrogens with zero attached hydrogens (tertiary/aromatic N) is 2. The van der Waals surface area contributed by atoms with E-state index in [2.05, 4.69) is 31.2 Å². The van der Waals surface area contributed by atoms with Gasteiger partial charge in [0.15, 0.2) is 0 Å². The number of aryl methyl sites for hydroxylation is 1. The van der Waals surface area contributed by atoms with E-state index in [4.69, 9.17) is 4.74 Å². The Balaban J connectivity index is 2.21. The van der Waals surface area contributed by atoms with Gasteiger partial charge < -0.3 is 10.1 Å². The fourth-order valence-electron chi connectivity index (χ4n) is 1.90. The summed E-state index contributed by atoms with van der Waals surface area (Å²) in [4.78, 5) is 12.3. The molecule has 0 spiro atoms. The molecular weight excluding hydrogens is 266 g/mol. The van der Waals surface area contributed by atoms with Crippen molar-refractivity contribution in [2.75, 3.05) is 12.4 Å². The topological polar surface area (TPSA) is 56.1 Å². The van der Waals surface area contributed by atoms with Gasteiger partial charge in [-0.3, -0.25) is 9.48 Å². The predicted octanol–water partition coefficient (Wildman–Crippen LogP) is 2.98. The van der Waals surface area contributed by atoms with Gasteiger partial charge in [0, 0.05) is 24.1 Å². The van der Waals surface area contributed by atoms with Crippen molar-refractivity contribution < 1.29 is 9.53 Å². The highest BCUT2D eigenvalue weighted by atomic mass is 16.5. The quantitative estimate of drug-likeness (QED) is 0.944. The second kappa shape index (κ2) is 5.60. The Morgan fingerprint density at radius 3 is 2.57 bits per heavy atom. The van der Waals surface area contributed by atoms with E-state index in [1.165, 1.54) is 0 Å². The molecule has 0 aliphatic heterocycles. The van der Waals surface area contributed by atoms with Crippen LogP contribution in [0.1, 0.15) is 36.8 Å². The van der Waals surface area contributed by atoms with Crippen LogP contribution in [0.2, 0.25) is 0 Å². The first-order chi connectivity index (χ1) is 9.81. The van der Waals surface area contributed by atoms with E-state index in [-0.39, 0.29) is 11.3 Å². The summed E-state index contributed by atoms with van der Waals surface area (Å²) in [5, 5.41) is 7.32. The number of methoxy groups -OCH3 is 1. The summed E-state index contributed by atoms with van der Waals surface area (Å²) in [6, 6.07) is 8.95. The Kier molecular flexibility index (Phi) is 4.02. The number of rotatable bonds is 3. The second-order valence-corrected chi connectivity index (χ2v) is 5.97. The van der Waals surface area contributed by atoms with E-state index in [1.54, 1.807) is 36.1 Å². The average Bonchev–Trinajstić information content (AvgIpc) is 2.80. The van der Waals surface area contributed by atoms with Crippen LogP contribution in [0.25, 0.3) is 0 Å². The molecule has 0 aliphatic carbocycles. The number of anilines is 1. The van der Waals surface area contributed by atoms with Gasteiger partial charge in [0.25, 0.3) is 5.91 Å². The Labute approximate surface area is 124 Å². The number of amides is 1. The van der Waals surface area contributed by atoms with E-state index >= 15 is 0 Å². The summed E-state index contributed by atoms with van der Waals surface area (Å²) in [5.41, 5.74) is 1.43. The molecule has 112 valence electrons. The SMILES string of the molecule is COc1cccc(C(=O)Nc2cc(C(C)(C)C)nn2C)c1. The van der Waals surface area contributed by atoms with E-state index in [1.807, 2.05) is 13.1 Å². The minimum atomic E-state index is -0.183. The molecule has 5 heteroatoms. The normalized spacial score (nSPS) is 11.3. The fourth-order valence-corrected chi connectivity index (χ4v) is 1.90. The molecule has 0 bridgehead atoms. The van der Waals surface area contributed by atoms with Gasteiger partial charge in [-0.05, 0) is 18.2 Å². The summed E-state index contributed by atoms with van der Waals surface area (Å²) in [6.07, 6.45) is 0. The van der Waals surface area contributed by atoms with Crippen LogP contribution in [0.5, 0.6) is 5.75 Å². The van der Waals surface area contributed by atoms with E-state index in [0.717, 1.165) is 5.69 Å². The molecule has 0 saturated carbocycles. The minimum Gasteiger partial charge on any atom is -0.497 e. The average molecular weight is 287 g/mol. The number of nitrogens with one attached hydrogen (secondary N) is 1. The molecule has 1 heterocycles. The zero-order valence-corrected chi connectivity index (χ0v) is 13.1. The molecule has 0 aliphatic rings. The Morgan fingerprint density at radius 2 is 2.00 bits per heavy atom. The maximum atomic E-state index is 12.3. The molecule has 2 aromatic rings. The number of carbonyl (C=O) groups excluding carboxylic acids is 1. The molecule has 5 nitrogen and oxygen atoms in total. The van der Waals surface area contributed by atoms with Gasteiger partial charge in [-0.1, -0.05) is 26.8 Å². The van der Waals surface area contributed by atoms with Gasteiger partial charge in [0.1, 0.15) is 11.6 Å². The maximum Gasteiger partial charge on any atom is 0.256 e. The third-order valence-corrected chi connectivity index (χ3v) is 3.22. The third kappa shape index (κ3) is 3.42. The summed E-state index contributed by atoms with van der Waals surface area (Å²) < 4.78 is 6.81. The van der Waals surface area contributed by atoms with Crippen LogP contribution >= 0.6 is 0 Å². The molecule has 0 unspecified atom stereocenters. The highest BCUT2D eigenvalue weighted by Gasteiger charge is 2.20. The van der Waals surface area contributed by atoms with E-state index in [0.29, 0.717) is 17.1 Å². The van der Waals surface area contributed by atoms with Crippen molar-refractivity contribution in [3.8, 4) is 5.75 Å². The van der Waals surface area contributed by atoms with Crippen molar-refractivity contribution >= 4 is 11.7 Å². The van der Waals surface area contributed by atoms with Gasteiger partial charge in [0.05, 0.1) is 12.8 Å². The molecule has 2 rings (SSSR count). The van der Waals surface area contributed by atoms with Crippen molar-refractivity contribution in [1.82, 2.24) is 9.78 Å². The smallest absolute Gasteiger partial charge is 0.256 e. The second-order valence-electron chi connectivity index (χ2n) is 5.97.